The quantitative estimate of drug-likeness (QED) is 0.643. The highest BCUT2D eigenvalue weighted by Gasteiger charge is 2.39. The Morgan fingerprint density at radius 3 is 2.35 bits per heavy atom. The lowest BCUT2D eigenvalue weighted by molar-refractivity contribution is -0.124. The Labute approximate surface area is 146 Å². The van der Waals surface area contributed by atoms with Crippen LogP contribution >= 0.6 is 15.9 Å². The largest absolute Gasteiger partial charge is 0.295 e. The molecule has 1 amide bonds. The van der Waals surface area contributed by atoms with E-state index < -0.39 is 10.0 Å². The van der Waals surface area contributed by atoms with Crippen LogP contribution in [0.2, 0.25) is 0 Å². The molecule has 0 aromatic rings. The molecular formula is C14H25BrN4O3S. The number of hydrazine groups is 1. The highest BCUT2D eigenvalue weighted by atomic mass is 79.9. The topological polar surface area (TPSA) is 81.8 Å². The molecule has 1 aliphatic carbocycles. The minimum absolute atomic E-state index is 0.0586. The van der Waals surface area contributed by atoms with Crippen LogP contribution in [-0.4, -0.2) is 72.4 Å². The second kappa shape index (κ2) is 7.35. The fourth-order valence-electron chi connectivity index (χ4n) is 3.77. The summed E-state index contributed by atoms with van der Waals surface area (Å²) < 4.78 is 27.2. The standard InChI is InChI=1S/C14H25BrN4O3S/c15-13-12(10-16-17-14(13)20)18-6-8-19(9-7-18)23(21,22)11-4-2-1-3-5-11/h11-13,16H,1-10H2,(H,17,20). The van der Waals surface area contributed by atoms with Crippen LogP contribution in [0.15, 0.2) is 0 Å². The van der Waals surface area contributed by atoms with Crippen molar-refractivity contribution >= 4 is 31.9 Å². The summed E-state index contributed by atoms with van der Waals surface area (Å²) in [5, 5.41) is -0.186. The molecule has 1 saturated carbocycles. The number of hydrogen-bond donors (Lipinski definition) is 2. The number of amides is 1. The Morgan fingerprint density at radius 2 is 1.70 bits per heavy atom. The molecule has 0 bridgehead atoms. The van der Waals surface area contributed by atoms with Gasteiger partial charge < -0.3 is 0 Å². The zero-order valence-corrected chi connectivity index (χ0v) is 15.6. The maximum absolute atomic E-state index is 12.8. The molecule has 2 atom stereocenters. The van der Waals surface area contributed by atoms with Crippen LogP contribution in [0.4, 0.5) is 0 Å². The first-order valence-corrected chi connectivity index (χ1v) is 10.8. The van der Waals surface area contributed by atoms with Crippen molar-refractivity contribution in [3.8, 4) is 0 Å². The van der Waals surface area contributed by atoms with Gasteiger partial charge >= 0.3 is 0 Å². The Kier molecular flexibility index (Phi) is 5.62. The fraction of sp³-hybridized carbons (Fsp3) is 0.929. The molecule has 3 fully saturated rings. The molecule has 2 heterocycles. The summed E-state index contributed by atoms with van der Waals surface area (Å²) in [7, 11) is -3.16. The van der Waals surface area contributed by atoms with E-state index >= 15 is 0 Å². The van der Waals surface area contributed by atoms with Crippen molar-refractivity contribution in [2.45, 2.75) is 48.2 Å². The number of carbonyl (C=O) groups is 1. The van der Waals surface area contributed by atoms with Crippen LogP contribution < -0.4 is 10.9 Å². The van der Waals surface area contributed by atoms with Crippen molar-refractivity contribution in [2.75, 3.05) is 32.7 Å². The maximum atomic E-state index is 12.8. The van der Waals surface area contributed by atoms with Crippen LogP contribution in [0.5, 0.6) is 0 Å². The van der Waals surface area contributed by atoms with Gasteiger partial charge in [0.25, 0.3) is 0 Å². The molecule has 3 aliphatic rings. The van der Waals surface area contributed by atoms with E-state index in [1.54, 1.807) is 4.31 Å². The second-order valence-electron chi connectivity index (χ2n) is 6.58. The molecule has 0 aromatic carbocycles. The lowest BCUT2D eigenvalue weighted by Crippen LogP contribution is -2.64. The van der Waals surface area contributed by atoms with Crippen LogP contribution in [-0.2, 0) is 14.8 Å². The van der Waals surface area contributed by atoms with Gasteiger partial charge in [0.15, 0.2) is 0 Å². The number of nitrogens with one attached hydrogen (secondary N) is 2. The SMILES string of the molecule is O=C1NNCC(N2CCN(S(=O)(=O)C3CCCCC3)CC2)C1Br. The van der Waals surface area contributed by atoms with E-state index in [9.17, 15) is 13.2 Å². The molecule has 2 N–H and O–H groups in total. The predicted octanol–water partition coefficient (Wildman–Crippen LogP) is 0.0330. The van der Waals surface area contributed by atoms with Gasteiger partial charge in [0, 0.05) is 38.8 Å². The van der Waals surface area contributed by atoms with E-state index in [0.717, 1.165) is 32.1 Å². The highest BCUT2D eigenvalue weighted by Crippen LogP contribution is 2.27. The van der Waals surface area contributed by atoms with E-state index in [1.807, 2.05) is 0 Å². The van der Waals surface area contributed by atoms with Gasteiger partial charge in [-0.25, -0.2) is 13.8 Å². The molecule has 2 saturated heterocycles. The molecule has 3 rings (SSSR count). The van der Waals surface area contributed by atoms with Gasteiger partial charge in [-0.3, -0.25) is 15.1 Å². The summed E-state index contributed by atoms with van der Waals surface area (Å²) in [6, 6.07) is 0.0586. The first-order valence-electron chi connectivity index (χ1n) is 8.40. The van der Waals surface area contributed by atoms with Gasteiger partial charge in [0.05, 0.1) is 5.25 Å². The Morgan fingerprint density at radius 1 is 1.04 bits per heavy atom. The van der Waals surface area contributed by atoms with Crippen LogP contribution in [0.1, 0.15) is 32.1 Å². The van der Waals surface area contributed by atoms with E-state index in [0.29, 0.717) is 32.7 Å². The van der Waals surface area contributed by atoms with Gasteiger partial charge in [-0.15, -0.1) is 0 Å². The zero-order valence-electron chi connectivity index (χ0n) is 13.2. The van der Waals surface area contributed by atoms with E-state index in [4.69, 9.17) is 0 Å². The van der Waals surface area contributed by atoms with Gasteiger partial charge in [0.1, 0.15) is 4.83 Å². The third-order valence-corrected chi connectivity index (χ3v) is 8.61. The number of carbonyl (C=O) groups excluding carboxylic acids is 1. The van der Waals surface area contributed by atoms with Crippen molar-refractivity contribution in [3.63, 3.8) is 0 Å². The zero-order chi connectivity index (χ0) is 16.4. The molecule has 2 unspecified atom stereocenters. The van der Waals surface area contributed by atoms with Crippen molar-refractivity contribution < 1.29 is 13.2 Å². The first-order chi connectivity index (χ1) is 11.0. The number of sulfonamides is 1. The average molecular weight is 409 g/mol. The molecule has 9 heteroatoms. The van der Waals surface area contributed by atoms with E-state index in [1.165, 1.54) is 0 Å². The lowest BCUT2D eigenvalue weighted by atomic mass is 10.0. The number of nitrogens with zero attached hydrogens (tertiary/aromatic N) is 2. The first kappa shape index (κ1) is 17.6. The molecule has 0 spiro atoms. The van der Waals surface area contributed by atoms with Crippen molar-refractivity contribution in [2.24, 2.45) is 0 Å². The predicted molar refractivity (Wildman–Crippen MR) is 91.6 cm³/mol. The minimum Gasteiger partial charge on any atom is -0.295 e. The van der Waals surface area contributed by atoms with Crippen LogP contribution in [0.3, 0.4) is 0 Å². The molecular weight excluding hydrogens is 384 g/mol. The summed E-state index contributed by atoms with van der Waals surface area (Å²) in [4.78, 5) is 13.7. The fourth-order valence-corrected chi connectivity index (χ4v) is 6.43. The number of piperazine rings is 1. The van der Waals surface area contributed by atoms with Crippen LogP contribution in [0, 0.1) is 0 Å². The normalized spacial score (nSPS) is 32.7. The molecule has 7 nitrogen and oxygen atoms in total. The third kappa shape index (κ3) is 3.73. The van der Waals surface area contributed by atoms with Gasteiger partial charge in [-0.05, 0) is 12.8 Å². The summed E-state index contributed by atoms with van der Waals surface area (Å²) in [5.74, 6) is -0.0708. The lowest BCUT2D eigenvalue weighted by Gasteiger charge is -2.42. The van der Waals surface area contributed by atoms with E-state index in [2.05, 4.69) is 31.7 Å². The highest BCUT2D eigenvalue weighted by molar-refractivity contribution is 9.10. The Bertz CT molecular complexity index is 530. The summed E-state index contributed by atoms with van der Waals surface area (Å²) >= 11 is 3.45. The summed E-state index contributed by atoms with van der Waals surface area (Å²) in [6.07, 6.45) is 4.82. The summed E-state index contributed by atoms with van der Waals surface area (Å²) in [6.45, 7) is 3.06. The Hall–Kier alpha value is -0.220. The minimum atomic E-state index is -3.16. The van der Waals surface area contributed by atoms with Gasteiger partial charge in [0.2, 0.25) is 15.9 Å². The molecule has 23 heavy (non-hydrogen) atoms. The van der Waals surface area contributed by atoms with Crippen molar-refractivity contribution in [3.05, 3.63) is 0 Å². The number of halogens is 1. The monoisotopic (exact) mass is 408 g/mol. The number of rotatable bonds is 3. The number of hydrogen-bond acceptors (Lipinski definition) is 5. The van der Waals surface area contributed by atoms with E-state index in [-0.39, 0.29) is 22.0 Å². The Balaban J connectivity index is 1.58. The molecule has 2 aliphatic heterocycles. The molecule has 132 valence electrons. The second-order valence-corrected chi connectivity index (χ2v) is 9.78. The van der Waals surface area contributed by atoms with Gasteiger partial charge in [-0.1, -0.05) is 35.2 Å². The van der Waals surface area contributed by atoms with Crippen LogP contribution in [0.25, 0.3) is 0 Å². The third-order valence-electron chi connectivity index (χ3n) is 5.19. The smallest absolute Gasteiger partial charge is 0.249 e. The average Bonchev–Trinajstić information content (AvgIpc) is 2.58. The molecule has 0 radical (unpaired) electrons. The number of alkyl halides is 1. The van der Waals surface area contributed by atoms with Crippen molar-refractivity contribution in [1.82, 2.24) is 20.1 Å². The molecule has 0 aromatic heterocycles. The summed E-state index contributed by atoms with van der Waals surface area (Å²) in [5.41, 5.74) is 5.51. The van der Waals surface area contributed by atoms with Gasteiger partial charge in [-0.2, -0.15) is 4.31 Å². The van der Waals surface area contributed by atoms with Crippen molar-refractivity contribution in [1.29, 1.82) is 0 Å². The maximum Gasteiger partial charge on any atom is 0.249 e.